The van der Waals surface area contributed by atoms with Crippen LogP contribution in [-0.4, -0.2) is 24.4 Å². The number of carbonyl (C=O) groups excluding carboxylic acids is 2. The van der Waals surface area contributed by atoms with Gasteiger partial charge in [0.25, 0.3) is 5.91 Å². The van der Waals surface area contributed by atoms with E-state index in [0.29, 0.717) is 23.3 Å². The molecular formula is C25H26ClFN2O3. The number of anilines is 1. The lowest BCUT2D eigenvalue weighted by Crippen LogP contribution is -2.49. The highest BCUT2D eigenvalue weighted by molar-refractivity contribution is 6.32. The van der Waals surface area contributed by atoms with Crippen LogP contribution in [-0.2, 0) is 9.59 Å². The Balaban J connectivity index is 1.60. The molecule has 0 aromatic heterocycles. The van der Waals surface area contributed by atoms with Crippen LogP contribution in [0.4, 0.5) is 10.1 Å². The van der Waals surface area contributed by atoms with E-state index in [1.54, 1.807) is 24.3 Å². The summed E-state index contributed by atoms with van der Waals surface area (Å²) in [6, 6.07) is 11.3. The molecule has 1 fully saturated rings. The third-order valence-electron chi connectivity index (χ3n) is 6.46. The third-order valence-corrected chi connectivity index (χ3v) is 6.79. The summed E-state index contributed by atoms with van der Waals surface area (Å²) in [6.07, 6.45) is 4.45. The Bertz CT molecular complexity index is 1050. The van der Waals surface area contributed by atoms with Gasteiger partial charge >= 0.3 is 0 Å². The summed E-state index contributed by atoms with van der Waals surface area (Å²) in [4.78, 5) is 27.5. The monoisotopic (exact) mass is 456 g/mol. The minimum absolute atomic E-state index is 0.0614. The van der Waals surface area contributed by atoms with Crippen LogP contribution in [0.15, 0.2) is 48.2 Å². The van der Waals surface area contributed by atoms with Gasteiger partial charge in [0.2, 0.25) is 5.91 Å². The molecule has 168 valence electrons. The molecule has 0 spiro atoms. The fourth-order valence-corrected chi connectivity index (χ4v) is 4.60. The van der Waals surface area contributed by atoms with Crippen molar-refractivity contribution < 1.29 is 18.7 Å². The minimum Gasteiger partial charge on any atom is -0.449 e. The van der Waals surface area contributed by atoms with E-state index in [2.05, 4.69) is 19.2 Å². The molecule has 2 aromatic carbocycles. The minimum atomic E-state index is -0.565. The molecule has 0 unspecified atom stereocenters. The Morgan fingerprint density at radius 1 is 1.22 bits per heavy atom. The lowest BCUT2D eigenvalue weighted by Gasteiger charge is -2.35. The number of ether oxygens (including phenoxy) is 1. The summed E-state index contributed by atoms with van der Waals surface area (Å²) in [5.74, 6) is -0.0854. The van der Waals surface area contributed by atoms with Gasteiger partial charge in [0.15, 0.2) is 11.5 Å². The number of hydrogen-bond donors (Lipinski definition) is 1. The normalized spacial score (nSPS) is 24.1. The van der Waals surface area contributed by atoms with Gasteiger partial charge in [-0.25, -0.2) is 4.39 Å². The van der Waals surface area contributed by atoms with E-state index < -0.39 is 11.7 Å². The number of rotatable bonds is 4. The van der Waals surface area contributed by atoms with Gasteiger partial charge in [0, 0.05) is 11.6 Å². The van der Waals surface area contributed by atoms with Gasteiger partial charge in [-0.3, -0.25) is 14.5 Å². The number of benzene rings is 2. The van der Waals surface area contributed by atoms with Crippen molar-refractivity contribution in [2.75, 3.05) is 11.4 Å². The number of hydrogen-bond acceptors (Lipinski definition) is 3. The van der Waals surface area contributed by atoms with E-state index in [1.165, 1.54) is 29.2 Å². The first-order chi connectivity index (χ1) is 15.3. The third kappa shape index (κ3) is 4.51. The fraction of sp³-hybridized carbons (Fsp3) is 0.360. The van der Waals surface area contributed by atoms with Gasteiger partial charge in [-0.2, -0.15) is 0 Å². The van der Waals surface area contributed by atoms with E-state index in [0.717, 1.165) is 19.3 Å². The number of nitrogens with one attached hydrogen (secondary N) is 1. The lowest BCUT2D eigenvalue weighted by atomic mass is 9.78. The first-order valence-electron chi connectivity index (χ1n) is 10.9. The Hall–Kier alpha value is -2.86. The number of amides is 2. The molecule has 4 rings (SSSR count). The maximum absolute atomic E-state index is 14.3. The van der Waals surface area contributed by atoms with Crippen LogP contribution in [0.1, 0.15) is 38.7 Å². The van der Waals surface area contributed by atoms with E-state index in [9.17, 15) is 14.0 Å². The molecule has 0 radical (unpaired) electrons. The number of nitrogens with zero attached hydrogens (tertiary/aromatic N) is 1. The van der Waals surface area contributed by atoms with E-state index in [4.69, 9.17) is 16.3 Å². The Labute approximate surface area is 192 Å². The SMILES string of the molecule is C[C@@H]1[C@H](C)CCC[C@@H]1NC(=O)CN1C(=O)/C(=C/c2c(F)cccc2Cl)Oc2ccccc21. The maximum atomic E-state index is 14.3. The first-order valence-corrected chi connectivity index (χ1v) is 11.3. The summed E-state index contributed by atoms with van der Waals surface area (Å²) in [7, 11) is 0. The quantitative estimate of drug-likeness (QED) is 0.644. The highest BCUT2D eigenvalue weighted by Crippen LogP contribution is 2.36. The zero-order chi connectivity index (χ0) is 22.8. The molecule has 1 saturated carbocycles. The first kappa shape index (κ1) is 22.3. The van der Waals surface area contributed by atoms with Crippen molar-refractivity contribution in [2.24, 2.45) is 11.8 Å². The molecule has 7 heteroatoms. The number of para-hydroxylation sites is 2. The molecule has 1 N–H and O–H groups in total. The highest BCUT2D eigenvalue weighted by Gasteiger charge is 2.34. The number of fused-ring (bicyclic) bond motifs is 1. The lowest BCUT2D eigenvalue weighted by molar-refractivity contribution is -0.124. The molecule has 1 aliphatic heterocycles. The number of carbonyl (C=O) groups is 2. The van der Waals surface area contributed by atoms with Crippen LogP contribution < -0.4 is 15.0 Å². The van der Waals surface area contributed by atoms with Gasteiger partial charge in [-0.1, -0.05) is 56.5 Å². The van der Waals surface area contributed by atoms with Crippen LogP contribution in [0, 0.1) is 17.7 Å². The predicted octanol–water partition coefficient (Wildman–Crippen LogP) is 5.19. The van der Waals surface area contributed by atoms with Crippen LogP contribution in [0.25, 0.3) is 6.08 Å². The van der Waals surface area contributed by atoms with Crippen molar-refractivity contribution in [3.05, 3.63) is 64.6 Å². The van der Waals surface area contributed by atoms with Gasteiger partial charge in [-0.05, 0) is 48.6 Å². The average Bonchev–Trinajstić information content (AvgIpc) is 2.76. The van der Waals surface area contributed by atoms with Gasteiger partial charge in [0.05, 0.1) is 10.7 Å². The highest BCUT2D eigenvalue weighted by atomic mass is 35.5. The molecule has 2 aliphatic rings. The summed E-state index contributed by atoms with van der Waals surface area (Å²) in [6.45, 7) is 4.21. The van der Waals surface area contributed by atoms with Crippen LogP contribution >= 0.6 is 11.6 Å². The second-order valence-corrected chi connectivity index (χ2v) is 8.95. The molecule has 1 heterocycles. The Kier molecular flexibility index (Phi) is 6.51. The smallest absolute Gasteiger partial charge is 0.294 e. The van der Waals surface area contributed by atoms with Crippen LogP contribution in [0.2, 0.25) is 5.02 Å². The van der Waals surface area contributed by atoms with Crippen molar-refractivity contribution in [1.82, 2.24) is 5.32 Å². The summed E-state index contributed by atoms with van der Waals surface area (Å²) in [5.41, 5.74) is 0.556. The molecular weight excluding hydrogens is 431 g/mol. The molecule has 0 saturated heterocycles. The van der Waals surface area contributed by atoms with Crippen molar-refractivity contribution >= 4 is 35.2 Å². The van der Waals surface area contributed by atoms with Gasteiger partial charge < -0.3 is 10.1 Å². The fourth-order valence-electron chi connectivity index (χ4n) is 4.38. The van der Waals surface area contributed by atoms with Gasteiger partial charge in [-0.15, -0.1) is 0 Å². The Morgan fingerprint density at radius 2 is 2.00 bits per heavy atom. The van der Waals surface area contributed by atoms with E-state index in [1.807, 2.05) is 0 Å². The zero-order valence-electron chi connectivity index (χ0n) is 18.1. The topological polar surface area (TPSA) is 58.6 Å². The molecule has 1 aliphatic carbocycles. The molecule has 0 bridgehead atoms. The van der Waals surface area contributed by atoms with Crippen molar-refractivity contribution in [1.29, 1.82) is 0 Å². The van der Waals surface area contributed by atoms with Gasteiger partial charge in [0.1, 0.15) is 12.4 Å². The average molecular weight is 457 g/mol. The van der Waals surface area contributed by atoms with Crippen molar-refractivity contribution in [2.45, 2.75) is 39.2 Å². The molecule has 5 nitrogen and oxygen atoms in total. The standard InChI is InChI=1S/C25H26ClFN2O3/c1-15-7-5-10-20(16(15)2)28-24(30)14-29-21-11-3-4-12-22(21)32-23(25(29)31)13-17-18(26)8-6-9-19(17)27/h3-4,6,8-9,11-13,15-16,20H,5,7,10,14H2,1-2H3,(H,28,30)/b23-13-/t15-,16-,20+/m1/s1. The molecule has 2 aromatic rings. The molecule has 32 heavy (non-hydrogen) atoms. The Morgan fingerprint density at radius 3 is 2.78 bits per heavy atom. The van der Waals surface area contributed by atoms with Crippen molar-refractivity contribution in [3.63, 3.8) is 0 Å². The second-order valence-electron chi connectivity index (χ2n) is 8.55. The van der Waals surface area contributed by atoms with E-state index in [-0.39, 0.29) is 34.8 Å². The summed E-state index contributed by atoms with van der Waals surface area (Å²) >= 11 is 6.12. The molecule has 2 amide bonds. The molecule has 3 atom stereocenters. The second kappa shape index (κ2) is 9.33. The zero-order valence-corrected chi connectivity index (χ0v) is 18.9. The number of halogens is 2. The largest absolute Gasteiger partial charge is 0.449 e. The predicted molar refractivity (Wildman–Crippen MR) is 123 cm³/mol. The van der Waals surface area contributed by atoms with Crippen molar-refractivity contribution in [3.8, 4) is 5.75 Å². The summed E-state index contributed by atoms with van der Waals surface area (Å²) < 4.78 is 20.1. The summed E-state index contributed by atoms with van der Waals surface area (Å²) in [5, 5.41) is 3.27. The van der Waals surface area contributed by atoms with E-state index >= 15 is 0 Å². The van der Waals surface area contributed by atoms with Crippen LogP contribution in [0.3, 0.4) is 0 Å². The maximum Gasteiger partial charge on any atom is 0.294 e. The van der Waals surface area contributed by atoms with Crippen LogP contribution in [0.5, 0.6) is 5.75 Å².